The van der Waals surface area contributed by atoms with Gasteiger partial charge in [-0.2, -0.15) is 0 Å². The van der Waals surface area contributed by atoms with Gasteiger partial charge in [-0.1, -0.05) is 24.3 Å². The van der Waals surface area contributed by atoms with Crippen LogP contribution in [-0.4, -0.2) is 25.1 Å². The second kappa shape index (κ2) is 7.89. The first-order valence-corrected chi connectivity index (χ1v) is 5.72. The predicted molar refractivity (Wildman–Crippen MR) is 72.5 cm³/mol. The molecule has 0 saturated carbocycles. The van der Waals surface area contributed by atoms with E-state index in [1.807, 2.05) is 30.3 Å². The summed E-state index contributed by atoms with van der Waals surface area (Å²) in [5, 5.41) is 8.92. The van der Waals surface area contributed by atoms with Crippen molar-refractivity contribution in [3.8, 4) is 16.9 Å². The zero-order valence-corrected chi connectivity index (χ0v) is 10.8. The fourth-order valence-electron chi connectivity index (χ4n) is 1.62. The van der Waals surface area contributed by atoms with Gasteiger partial charge in [-0.25, -0.2) is 13.6 Å². The van der Waals surface area contributed by atoms with Crippen molar-refractivity contribution in [2.75, 3.05) is 14.0 Å². The zero-order valence-electron chi connectivity index (χ0n) is 10.8. The number of rotatable bonds is 3. The number of halogens is 2. The third-order valence-corrected chi connectivity index (χ3v) is 2.53. The number of methoxy groups -OCH3 is 1. The van der Waals surface area contributed by atoms with E-state index in [1.165, 1.54) is 0 Å². The van der Waals surface area contributed by atoms with Crippen LogP contribution in [0.15, 0.2) is 48.5 Å². The first-order chi connectivity index (χ1) is 9.62. The smallest absolute Gasteiger partial charge is 0.335 e. The van der Waals surface area contributed by atoms with Crippen molar-refractivity contribution in [1.82, 2.24) is 0 Å². The predicted octanol–water partition coefficient (Wildman–Crippen LogP) is 3.94. The van der Waals surface area contributed by atoms with E-state index in [1.54, 1.807) is 25.3 Å². The van der Waals surface area contributed by atoms with Gasteiger partial charge in [0.05, 0.1) is 12.7 Å². The molecule has 2 aromatic carbocycles. The first kappa shape index (κ1) is 15.6. The molecule has 20 heavy (non-hydrogen) atoms. The highest BCUT2D eigenvalue weighted by Crippen LogP contribution is 2.23. The third-order valence-electron chi connectivity index (χ3n) is 2.53. The summed E-state index contributed by atoms with van der Waals surface area (Å²) in [5.41, 5.74) is 2.14. The number of benzene rings is 2. The van der Waals surface area contributed by atoms with Gasteiger partial charge in [0, 0.05) is 0 Å². The lowest BCUT2D eigenvalue weighted by Crippen LogP contribution is -1.95. The summed E-state index contributed by atoms with van der Waals surface area (Å²) in [6, 6.07) is 14.4. The molecule has 106 valence electrons. The highest BCUT2D eigenvalue weighted by molar-refractivity contribution is 5.89. The van der Waals surface area contributed by atoms with Crippen molar-refractivity contribution < 1.29 is 23.4 Å². The summed E-state index contributed by atoms with van der Waals surface area (Å²) < 4.78 is 24.3. The number of ether oxygens (including phenoxy) is 1. The molecule has 5 heteroatoms. The molecule has 2 rings (SSSR count). The van der Waals surface area contributed by atoms with Gasteiger partial charge in [-0.3, -0.25) is 0 Å². The molecule has 0 heterocycles. The van der Waals surface area contributed by atoms with Gasteiger partial charge in [0.25, 0.3) is 0 Å². The van der Waals surface area contributed by atoms with E-state index < -0.39 is 12.9 Å². The quantitative estimate of drug-likeness (QED) is 0.926. The van der Waals surface area contributed by atoms with Gasteiger partial charge < -0.3 is 9.84 Å². The molecule has 0 aromatic heterocycles. The Morgan fingerprint density at radius 1 is 1.10 bits per heavy atom. The van der Waals surface area contributed by atoms with E-state index in [2.05, 4.69) is 0 Å². The molecule has 0 fully saturated rings. The highest BCUT2D eigenvalue weighted by Gasteiger charge is 2.04. The number of carbonyl (C=O) groups is 1. The van der Waals surface area contributed by atoms with E-state index in [4.69, 9.17) is 9.84 Å². The summed E-state index contributed by atoms with van der Waals surface area (Å²) in [7, 11) is 1.61. The van der Waals surface area contributed by atoms with Crippen molar-refractivity contribution in [2.45, 2.75) is 0 Å². The summed E-state index contributed by atoms with van der Waals surface area (Å²) in [4.78, 5) is 10.9. The van der Waals surface area contributed by atoms with Crippen LogP contribution < -0.4 is 4.74 Å². The summed E-state index contributed by atoms with van der Waals surface area (Å²) in [5.74, 6) is -0.136. The molecular formula is C15H14F2O3. The maximum Gasteiger partial charge on any atom is 0.335 e. The van der Waals surface area contributed by atoms with Crippen LogP contribution in [0, 0.1) is 0 Å². The first-order valence-electron chi connectivity index (χ1n) is 5.72. The minimum atomic E-state index is -1.75. The van der Waals surface area contributed by atoms with Crippen molar-refractivity contribution in [1.29, 1.82) is 0 Å². The van der Waals surface area contributed by atoms with E-state index in [9.17, 15) is 13.6 Å². The Hall–Kier alpha value is -2.43. The molecule has 0 bridgehead atoms. The van der Waals surface area contributed by atoms with Gasteiger partial charge in [0.2, 0.25) is 6.93 Å². The maximum atomic E-state index is 10.9. The van der Waals surface area contributed by atoms with Gasteiger partial charge in [0.1, 0.15) is 5.75 Å². The zero-order chi connectivity index (χ0) is 15.0. The highest BCUT2D eigenvalue weighted by atomic mass is 19.3. The molecule has 0 unspecified atom stereocenters. The number of alkyl halides is 2. The number of carboxylic acids is 1. The Morgan fingerprint density at radius 2 is 1.70 bits per heavy atom. The monoisotopic (exact) mass is 280 g/mol. The van der Waals surface area contributed by atoms with E-state index in [-0.39, 0.29) is 0 Å². The Bertz CT molecular complexity index is 553. The molecule has 3 nitrogen and oxygen atoms in total. The molecule has 0 aliphatic rings. The maximum absolute atomic E-state index is 10.9. The van der Waals surface area contributed by atoms with Crippen LogP contribution in [0.3, 0.4) is 0 Å². The largest absolute Gasteiger partial charge is 0.497 e. The molecule has 0 aliphatic heterocycles. The number of hydrogen-bond acceptors (Lipinski definition) is 2. The minimum absolute atomic E-state index is 0.290. The van der Waals surface area contributed by atoms with Gasteiger partial charge in [-0.15, -0.1) is 0 Å². The average molecular weight is 280 g/mol. The van der Waals surface area contributed by atoms with Gasteiger partial charge in [0.15, 0.2) is 0 Å². The number of hydrogen-bond donors (Lipinski definition) is 1. The van der Waals surface area contributed by atoms with Gasteiger partial charge in [-0.05, 0) is 35.4 Å². The second-order valence-corrected chi connectivity index (χ2v) is 3.72. The molecule has 0 amide bonds. The van der Waals surface area contributed by atoms with Crippen molar-refractivity contribution in [3.63, 3.8) is 0 Å². The SMILES string of the molecule is COc1ccc(-c2cccc(C(=O)O)c2)cc1.FCF. The molecule has 0 atom stereocenters. The Labute approximate surface area is 115 Å². The lowest BCUT2D eigenvalue weighted by atomic mass is 10.0. The van der Waals surface area contributed by atoms with Gasteiger partial charge >= 0.3 is 5.97 Å². The molecular weight excluding hydrogens is 266 g/mol. The topological polar surface area (TPSA) is 46.5 Å². The van der Waals surface area contributed by atoms with Crippen LogP contribution in [0.2, 0.25) is 0 Å². The Balaban J connectivity index is 0.000000612. The fourth-order valence-corrected chi connectivity index (χ4v) is 1.62. The number of aromatic carboxylic acids is 1. The van der Waals surface area contributed by atoms with E-state index in [0.717, 1.165) is 16.9 Å². The van der Waals surface area contributed by atoms with E-state index >= 15 is 0 Å². The second-order valence-electron chi connectivity index (χ2n) is 3.72. The average Bonchev–Trinajstić information content (AvgIpc) is 2.48. The number of carboxylic acid groups (broad SMARTS) is 1. The van der Waals surface area contributed by atoms with Crippen LogP contribution in [0.5, 0.6) is 5.75 Å². The van der Waals surface area contributed by atoms with Crippen molar-refractivity contribution >= 4 is 5.97 Å². The summed E-state index contributed by atoms with van der Waals surface area (Å²) >= 11 is 0. The third kappa shape index (κ3) is 4.35. The molecule has 0 saturated heterocycles. The van der Waals surface area contributed by atoms with E-state index in [0.29, 0.717) is 5.56 Å². The van der Waals surface area contributed by atoms with Crippen molar-refractivity contribution in [2.24, 2.45) is 0 Å². The Kier molecular flexibility index (Phi) is 6.16. The fraction of sp³-hybridized carbons (Fsp3) is 0.133. The molecule has 0 aliphatic carbocycles. The van der Waals surface area contributed by atoms with Crippen molar-refractivity contribution in [3.05, 3.63) is 54.1 Å². The van der Waals surface area contributed by atoms with Crippen LogP contribution in [-0.2, 0) is 0 Å². The van der Waals surface area contributed by atoms with Crippen LogP contribution in [0.1, 0.15) is 10.4 Å². The molecule has 2 aromatic rings. The van der Waals surface area contributed by atoms with Crippen LogP contribution in [0.25, 0.3) is 11.1 Å². The molecule has 0 spiro atoms. The molecule has 0 radical (unpaired) electrons. The summed E-state index contributed by atoms with van der Waals surface area (Å²) in [6.45, 7) is -1.75. The lowest BCUT2D eigenvalue weighted by Gasteiger charge is -2.04. The van der Waals surface area contributed by atoms with Crippen LogP contribution in [0.4, 0.5) is 8.78 Å². The minimum Gasteiger partial charge on any atom is -0.497 e. The molecule has 1 N–H and O–H groups in total. The van der Waals surface area contributed by atoms with Crippen LogP contribution >= 0.6 is 0 Å². The normalized spacial score (nSPS) is 9.35. The lowest BCUT2D eigenvalue weighted by molar-refractivity contribution is 0.0697. The Morgan fingerprint density at radius 3 is 2.20 bits per heavy atom. The summed E-state index contributed by atoms with van der Waals surface area (Å²) in [6.07, 6.45) is 0. The standard InChI is InChI=1S/C14H12O3.CH2F2/c1-17-13-7-5-10(6-8-13)11-3-2-4-12(9-11)14(15)16;2-1-3/h2-9H,1H3,(H,15,16);1H2.